The number of aromatic nitrogens is 4. The molecule has 7 heteroatoms. The first kappa shape index (κ1) is 12.7. The van der Waals surface area contributed by atoms with E-state index in [1.54, 1.807) is 6.33 Å². The van der Waals surface area contributed by atoms with Crippen LogP contribution in [0.25, 0.3) is 11.2 Å². The summed E-state index contributed by atoms with van der Waals surface area (Å²) in [5.41, 5.74) is 0.586. The molecule has 0 bridgehead atoms. The van der Waals surface area contributed by atoms with Crippen LogP contribution < -0.4 is 5.56 Å². The first-order valence-electron chi connectivity index (χ1n) is 7.11. The van der Waals surface area contributed by atoms with Gasteiger partial charge in [0.2, 0.25) is 0 Å². The predicted molar refractivity (Wildman–Crippen MR) is 74.5 cm³/mol. The standard InChI is InChI=1S/C14H16N4O3/c19-5-10-8-3-1-2-4-9(8)14(21-10)18-7-17-11-12(18)15-6-16-13(11)20/h1-2,6-10,14,19H,3-5H2,(H,15,16,20)/t8-,9+,10+,14+/m0/s1. The third-order valence-electron chi connectivity index (χ3n) is 4.51. The molecule has 0 unspecified atom stereocenters. The third kappa shape index (κ3) is 1.85. The highest BCUT2D eigenvalue weighted by atomic mass is 16.5. The number of ether oxygens (including phenoxy) is 1. The van der Waals surface area contributed by atoms with Crippen molar-refractivity contribution in [3.63, 3.8) is 0 Å². The number of hydrogen-bond acceptors (Lipinski definition) is 5. The van der Waals surface area contributed by atoms with E-state index in [9.17, 15) is 9.90 Å². The van der Waals surface area contributed by atoms with E-state index in [4.69, 9.17) is 4.74 Å². The molecule has 0 spiro atoms. The Morgan fingerprint density at radius 1 is 1.33 bits per heavy atom. The van der Waals surface area contributed by atoms with Crippen molar-refractivity contribution in [3.05, 3.63) is 35.2 Å². The summed E-state index contributed by atoms with van der Waals surface area (Å²) in [7, 11) is 0. The Morgan fingerprint density at radius 3 is 2.95 bits per heavy atom. The SMILES string of the molecule is O=c1[nH]cnc2c1ncn2[C@@H]1O[C@H](CO)[C@H]2CC=CC[C@H]21. The van der Waals surface area contributed by atoms with Crippen molar-refractivity contribution in [1.29, 1.82) is 0 Å². The van der Waals surface area contributed by atoms with Crippen LogP contribution in [0.2, 0.25) is 0 Å². The summed E-state index contributed by atoms with van der Waals surface area (Å²) in [4.78, 5) is 22.6. The van der Waals surface area contributed by atoms with Gasteiger partial charge in [-0.05, 0) is 18.8 Å². The number of aromatic amines is 1. The summed E-state index contributed by atoms with van der Waals surface area (Å²) >= 11 is 0. The number of rotatable bonds is 2. The predicted octanol–water partition coefficient (Wildman–Crippen LogP) is 0.592. The molecular formula is C14H16N4O3. The van der Waals surface area contributed by atoms with Crippen LogP contribution in [0, 0.1) is 11.8 Å². The van der Waals surface area contributed by atoms with Crippen LogP contribution in [0.3, 0.4) is 0 Å². The second kappa shape index (κ2) is 4.78. The third-order valence-corrected chi connectivity index (χ3v) is 4.51. The minimum atomic E-state index is -0.254. The van der Waals surface area contributed by atoms with E-state index in [-0.39, 0.29) is 30.4 Å². The number of H-pyrrole nitrogens is 1. The number of fused-ring (bicyclic) bond motifs is 2. The van der Waals surface area contributed by atoms with Crippen molar-refractivity contribution in [2.75, 3.05) is 6.61 Å². The van der Waals surface area contributed by atoms with Crippen LogP contribution in [0.1, 0.15) is 19.1 Å². The molecule has 4 rings (SSSR count). The van der Waals surface area contributed by atoms with Gasteiger partial charge in [-0.2, -0.15) is 0 Å². The van der Waals surface area contributed by atoms with Gasteiger partial charge in [0.25, 0.3) is 5.56 Å². The minimum Gasteiger partial charge on any atom is -0.394 e. The highest BCUT2D eigenvalue weighted by Crippen LogP contribution is 2.45. The molecule has 2 aromatic heterocycles. The van der Waals surface area contributed by atoms with Crippen molar-refractivity contribution in [3.8, 4) is 0 Å². The second-order valence-corrected chi connectivity index (χ2v) is 5.57. The largest absolute Gasteiger partial charge is 0.394 e. The van der Waals surface area contributed by atoms with Crippen molar-refractivity contribution in [2.45, 2.75) is 25.2 Å². The van der Waals surface area contributed by atoms with Crippen molar-refractivity contribution >= 4 is 11.2 Å². The van der Waals surface area contributed by atoms with Gasteiger partial charge in [-0.3, -0.25) is 9.36 Å². The van der Waals surface area contributed by atoms with Gasteiger partial charge in [-0.1, -0.05) is 12.2 Å². The number of aliphatic hydroxyl groups is 1. The zero-order valence-electron chi connectivity index (χ0n) is 11.3. The van der Waals surface area contributed by atoms with Gasteiger partial charge in [-0.25, -0.2) is 9.97 Å². The molecule has 0 aromatic carbocycles. The number of allylic oxidation sites excluding steroid dienone is 2. The van der Waals surface area contributed by atoms with E-state index >= 15 is 0 Å². The van der Waals surface area contributed by atoms with Gasteiger partial charge >= 0.3 is 0 Å². The lowest BCUT2D eigenvalue weighted by Gasteiger charge is -2.25. The number of imidazole rings is 1. The van der Waals surface area contributed by atoms with E-state index in [2.05, 4.69) is 27.1 Å². The molecule has 2 aliphatic rings. The molecule has 21 heavy (non-hydrogen) atoms. The Morgan fingerprint density at radius 2 is 2.14 bits per heavy atom. The highest BCUT2D eigenvalue weighted by Gasteiger charge is 2.45. The van der Waals surface area contributed by atoms with Crippen molar-refractivity contribution in [2.24, 2.45) is 11.8 Å². The zero-order valence-corrected chi connectivity index (χ0v) is 11.3. The van der Waals surface area contributed by atoms with Gasteiger partial charge in [0.1, 0.15) is 6.23 Å². The molecule has 0 saturated carbocycles. The zero-order chi connectivity index (χ0) is 14.4. The maximum absolute atomic E-state index is 11.7. The molecular weight excluding hydrogens is 272 g/mol. The first-order chi connectivity index (χ1) is 10.3. The fourth-order valence-corrected chi connectivity index (χ4v) is 3.49. The van der Waals surface area contributed by atoms with Gasteiger partial charge < -0.3 is 14.8 Å². The Kier molecular flexibility index (Phi) is 2.90. The molecule has 1 saturated heterocycles. The number of hydrogen-bond donors (Lipinski definition) is 2. The lowest BCUT2D eigenvalue weighted by atomic mass is 9.81. The quantitative estimate of drug-likeness (QED) is 0.789. The topological polar surface area (TPSA) is 93.0 Å². The molecule has 1 fully saturated rings. The molecule has 3 heterocycles. The fourth-order valence-electron chi connectivity index (χ4n) is 3.49. The molecule has 110 valence electrons. The molecule has 7 nitrogen and oxygen atoms in total. The Bertz CT molecular complexity index is 750. The Labute approximate surface area is 120 Å². The lowest BCUT2D eigenvalue weighted by molar-refractivity contribution is -0.0349. The van der Waals surface area contributed by atoms with Crippen LogP contribution in [-0.2, 0) is 4.74 Å². The summed E-state index contributed by atoms with van der Waals surface area (Å²) in [6, 6.07) is 0. The minimum absolute atomic E-state index is 0.00610. The number of nitrogens with zero attached hydrogens (tertiary/aromatic N) is 3. The Hall–Kier alpha value is -1.99. The molecule has 0 amide bonds. The normalized spacial score (nSPS) is 31.7. The van der Waals surface area contributed by atoms with Crippen molar-refractivity contribution in [1.82, 2.24) is 19.5 Å². The fraction of sp³-hybridized carbons (Fsp3) is 0.500. The van der Waals surface area contributed by atoms with E-state index in [0.29, 0.717) is 17.1 Å². The average molecular weight is 288 g/mol. The molecule has 1 aliphatic heterocycles. The van der Waals surface area contributed by atoms with Gasteiger partial charge in [0.15, 0.2) is 11.2 Å². The molecule has 2 aromatic rings. The summed E-state index contributed by atoms with van der Waals surface area (Å²) in [5, 5.41) is 9.53. The van der Waals surface area contributed by atoms with E-state index in [1.165, 1.54) is 6.33 Å². The van der Waals surface area contributed by atoms with E-state index < -0.39 is 0 Å². The average Bonchev–Trinajstić information content (AvgIpc) is 3.09. The lowest BCUT2D eigenvalue weighted by Crippen LogP contribution is -2.25. The summed E-state index contributed by atoms with van der Waals surface area (Å²) < 4.78 is 7.85. The van der Waals surface area contributed by atoms with Gasteiger partial charge in [-0.15, -0.1) is 0 Å². The molecule has 4 atom stereocenters. The Balaban J connectivity index is 1.79. The smallest absolute Gasteiger partial charge is 0.278 e. The van der Waals surface area contributed by atoms with Gasteiger partial charge in [0, 0.05) is 5.92 Å². The van der Waals surface area contributed by atoms with E-state index in [0.717, 1.165) is 12.8 Å². The number of nitrogens with one attached hydrogen (secondary N) is 1. The number of aliphatic hydroxyl groups excluding tert-OH is 1. The monoisotopic (exact) mass is 288 g/mol. The molecule has 0 radical (unpaired) electrons. The summed E-state index contributed by atoms with van der Waals surface area (Å²) in [5.74, 6) is 0.565. The van der Waals surface area contributed by atoms with Crippen molar-refractivity contribution < 1.29 is 9.84 Å². The van der Waals surface area contributed by atoms with Crippen LogP contribution in [0.4, 0.5) is 0 Å². The van der Waals surface area contributed by atoms with E-state index in [1.807, 2.05) is 4.57 Å². The summed E-state index contributed by atoms with van der Waals surface area (Å²) in [6.07, 6.45) is 8.66. The van der Waals surface area contributed by atoms with Crippen LogP contribution in [-0.4, -0.2) is 37.3 Å². The maximum Gasteiger partial charge on any atom is 0.278 e. The molecule has 1 aliphatic carbocycles. The molecule has 2 N–H and O–H groups in total. The van der Waals surface area contributed by atoms with Crippen LogP contribution in [0.5, 0.6) is 0 Å². The summed E-state index contributed by atoms with van der Waals surface area (Å²) in [6.45, 7) is 0.00610. The van der Waals surface area contributed by atoms with Gasteiger partial charge in [0.05, 0.1) is 25.4 Å². The van der Waals surface area contributed by atoms with Crippen LogP contribution >= 0.6 is 0 Å². The van der Waals surface area contributed by atoms with Crippen LogP contribution in [0.15, 0.2) is 29.6 Å². The maximum atomic E-state index is 11.7. The second-order valence-electron chi connectivity index (χ2n) is 5.57. The first-order valence-corrected chi connectivity index (χ1v) is 7.11. The highest BCUT2D eigenvalue weighted by molar-refractivity contribution is 5.68.